The number of carbonyl (C=O) groups excluding carboxylic acids is 1. The molecule has 0 aliphatic carbocycles. The minimum atomic E-state index is -0.908. The number of aromatic nitrogens is 1. The van der Waals surface area contributed by atoms with Gasteiger partial charge in [-0.25, -0.2) is 4.79 Å². The molecule has 2 rings (SSSR count). The maximum Gasteiger partial charge on any atom is 0.326 e. The molecule has 0 aromatic carbocycles. The van der Waals surface area contributed by atoms with E-state index >= 15 is 0 Å². The molecular weight excluding hydrogens is 324 g/mol. The van der Waals surface area contributed by atoms with E-state index in [1.54, 1.807) is 6.07 Å². The first-order valence-electron chi connectivity index (χ1n) is 6.94. The van der Waals surface area contributed by atoms with Gasteiger partial charge in [-0.1, -0.05) is 12.8 Å². The van der Waals surface area contributed by atoms with Gasteiger partial charge in [-0.15, -0.1) is 0 Å². The van der Waals surface area contributed by atoms with Crippen molar-refractivity contribution in [2.24, 2.45) is 0 Å². The second kappa shape index (κ2) is 6.43. The van der Waals surface area contributed by atoms with E-state index in [1.165, 1.54) is 4.90 Å². The summed E-state index contributed by atoms with van der Waals surface area (Å²) in [6, 6.07) is 1.05. The number of hydrogen-bond acceptors (Lipinski definition) is 2. The Balaban J connectivity index is 2.30. The molecule has 1 atom stereocenters. The van der Waals surface area contributed by atoms with Crippen LogP contribution in [-0.2, 0) is 11.3 Å². The van der Waals surface area contributed by atoms with E-state index in [0.29, 0.717) is 25.2 Å². The van der Waals surface area contributed by atoms with Crippen molar-refractivity contribution < 1.29 is 14.7 Å². The van der Waals surface area contributed by atoms with Crippen LogP contribution in [0.4, 0.5) is 0 Å². The normalized spacial score (nSPS) is 19.7. The summed E-state index contributed by atoms with van der Waals surface area (Å²) in [7, 11) is 0. The van der Waals surface area contributed by atoms with Gasteiger partial charge in [0.05, 0.1) is 0 Å². The molecule has 5 nitrogen and oxygen atoms in total. The fraction of sp³-hybridized carbons (Fsp3) is 0.571. The monoisotopic (exact) mass is 342 g/mol. The minimum Gasteiger partial charge on any atom is -0.480 e. The summed E-state index contributed by atoms with van der Waals surface area (Å²) in [4.78, 5) is 25.6. The van der Waals surface area contributed by atoms with E-state index in [9.17, 15) is 14.7 Å². The highest BCUT2D eigenvalue weighted by atomic mass is 79.9. The highest BCUT2D eigenvalue weighted by molar-refractivity contribution is 9.10. The summed E-state index contributed by atoms with van der Waals surface area (Å²) in [6.45, 7) is 3.15. The van der Waals surface area contributed by atoms with Crippen molar-refractivity contribution in [3.05, 3.63) is 22.4 Å². The number of nitrogens with zero attached hydrogens (tertiary/aromatic N) is 2. The summed E-state index contributed by atoms with van der Waals surface area (Å²) in [5.74, 6) is -1.10. The fourth-order valence-corrected chi connectivity index (χ4v) is 3.13. The lowest BCUT2D eigenvalue weighted by Gasteiger charge is -2.27. The Morgan fingerprint density at radius 3 is 2.80 bits per heavy atom. The highest BCUT2D eigenvalue weighted by Crippen LogP contribution is 2.22. The quantitative estimate of drug-likeness (QED) is 0.918. The van der Waals surface area contributed by atoms with Gasteiger partial charge in [-0.3, -0.25) is 4.79 Å². The van der Waals surface area contributed by atoms with Crippen molar-refractivity contribution in [1.29, 1.82) is 0 Å². The van der Waals surface area contributed by atoms with Crippen LogP contribution < -0.4 is 0 Å². The second-order valence-corrected chi connectivity index (χ2v) is 5.95. The third-order valence-corrected chi connectivity index (χ3v) is 4.16. The van der Waals surface area contributed by atoms with E-state index in [0.717, 1.165) is 23.7 Å². The SMILES string of the molecule is CCn1cc(Br)cc1C(=O)N1CCCCCC1C(=O)O. The molecular formula is C14H19BrN2O3. The summed E-state index contributed by atoms with van der Waals surface area (Å²) in [5, 5.41) is 9.35. The molecule has 6 heteroatoms. The first-order valence-corrected chi connectivity index (χ1v) is 7.73. The molecule has 0 saturated carbocycles. The standard InChI is InChI=1S/C14H19BrN2O3/c1-2-16-9-10(15)8-12(16)13(18)17-7-5-3-4-6-11(17)14(19)20/h8-9,11H,2-7H2,1H3,(H,19,20). The van der Waals surface area contributed by atoms with Crippen molar-refractivity contribution in [1.82, 2.24) is 9.47 Å². The van der Waals surface area contributed by atoms with Gasteiger partial charge in [-0.05, 0) is 41.8 Å². The zero-order valence-electron chi connectivity index (χ0n) is 11.5. The molecule has 0 radical (unpaired) electrons. The van der Waals surface area contributed by atoms with Crippen LogP contribution in [0.25, 0.3) is 0 Å². The number of carboxylic acid groups (broad SMARTS) is 1. The molecule has 1 aromatic heterocycles. The average Bonchev–Trinajstić information content (AvgIpc) is 2.63. The largest absolute Gasteiger partial charge is 0.480 e. The molecule has 1 aliphatic heterocycles. The zero-order valence-corrected chi connectivity index (χ0v) is 13.1. The summed E-state index contributed by atoms with van der Waals surface area (Å²) < 4.78 is 2.68. The van der Waals surface area contributed by atoms with Crippen LogP contribution in [0.3, 0.4) is 0 Å². The first-order chi connectivity index (χ1) is 9.54. The Hall–Kier alpha value is -1.30. The number of aryl methyl sites for hydroxylation is 1. The molecule has 1 fully saturated rings. The third kappa shape index (κ3) is 3.06. The summed E-state index contributed by atoms with van der Waals surface area (Å²) in [6.07, 6.45) is 5.09. The van der Waals surface area contributed by atoms with E-state index in [2.05, 4.69) is 15.9 Å². The maximum absolute atomic E-state index is 12.7. The van der Waals surface area contributed by atoms with Crippen LogP contribution in [0, 0.1) is 0 Å². The summed E-state index contributed by atoms with van der Waals surface area (Å²) in [5.41, 5.74) is 0.549. The average molecular weight is 343 g/mol. The number of hydrogen-bond donors (Lipinski definition) is 1. The van der Waals surface area contributed by atoms with Crippen molar-refractivity contribution in [3.63, 3.8) is 0 Å². The minimum absolute atomic E-state index is 0.188. The molecule has 1 N–H and O–H groups in total. The smallest absolute Gasteiger partial charge is 0.326 e. The Morgan fingerprint density at radius 1 is 1.40 bits per heavy atom. The Labute approximate surface area is 126 Å². The number of rotatable bonds is 3. The first kappa shape index (κ1) is 15.1. The number of carbonyl (C=O) groups is 2. The van der Waals surface area contributed by atoms with E-state index in [4.69, 9.17) is 0 Å². The topological polar surface area (TPSA) is 62.5 Å². The van der Waals surface area contributed by atoms with Crippen LogP contribution >= 0.6 is 15.9 Å². The third-order valence-electron chi connectivity index (χ3n) is 3.72. The Bertz CT molecular complexity index is 513. The lowest BCUT2D eigenvalue weighted by Crippen LogP contribution is -2.45. The van der Waals surface area contributed by atoms with Crippen molar-refractivity contribution in [3.8, 4) is 0 Å². The molecule has 1 unspecified atom stereocenters. The van der Waals surface area contributed by atoms with Crippen LogP contribution in [0.2, 0.25) is 0 Å². The van der Waals surface area contributed by atoms with Gasteiger partial charge in [0.1, 0.15) is 11.7 Å². The van der Waals surface area contributed by atoms with Crippen LogP contribution in [-0.4, -0.2) is 39.0 Å². The molecule has 1 aliphatic rings. The van der Waals surface area contributed by atoms with E-state index < -0.39 is 12.0 Å². The summed E-state index contributed by atoms with van der Waals surface area (Å²) >= 11 is 3.37. The lowest BCUT2D eigenvalue weighted by molar-refractivity contribution is -0.142. The van der Waals surface area contributed by atoms with Gasteiger partial charge in [0, 0.05) is 23.8 Å². The zero-order chi connectivity index (χ0) is 14.7. The second-order valence-electron chi connectivity index (χ2n) is 5.03. The van der Waals surface area contributed by atoms with Crippen molar-refractivity contribution in [2.45, 2.75) is 45.2 Å². The van der Waals surface area contributed by atoms with E-state index in [1.807, 2.05) is 17.7 Å². The van der Waals surface area contributed by atoms with Crippen LogP contribution in [0.1, 0.15) is 43.1 Å². The van der Waals surface area contributed by atoms with Crippen LogP contribution in [0.5, 0.6) is 0 Å². The molecule has 1 saturated heterocycles. The number of likely N-dealkylation sites (tertiary alicyclic amines) is 1. The van der Waals surface area contributed by atoms with Crippen molar-refractivity contribution >= 4 is 27.8 Å². The molecule has 0 bridgehead atoms. The predicted octanol–water partition coefficient (Wildman–Crippen LogP) is 2.74. The molecule has 1 amide bonds. The number of carboxylic acids is 1. The fourth-order valence-electron chi connectivity index (χ4n) is 2.67. The van der Waals surface area contributed by atoms with Gasteiger partial charge < -0.3 is 14.6 Å². The van der Waals surface area contributed by atoms with Crippen molar-refractivity contribution in [2.75, 3.05) is 6.54 Å². The van der Waals surface area contributed by atoms with Gasteiger partial charge in [0.15, 0.2) is 0 Å². The lowest BCUT2D eigenvalue weighted by atomic mass is 10.1. The number of amides is 1. The molecule has 2 heterocycles. The molecule has 110 valence electrons. The number of halogens is 1. The van der Waals surface area contributed by atoms with E-state index in [-0.39, 0.29) is 5.91 Å². The Kier molecular flexibility index (Phi) is 4.86. The highest BCUT2D eigenvalue weighted by Gasteiger charge is 2.32. The predicted molar refractivity (Wildman–Crippen MR) is 78.7 cm³/mol. The van der Waals surface area contributed by atoms with Gasteiger partial charge in [0.25, 0.3) is 5.91 Å². The van der Waals surface area contributed by atoms with Crippen LogP contribution in [0.15, 0.2) is 16.7 Å². The molecule has 20 heavy (non-hydrogen) atoms. The van der Waals surface area contributed by atoms with Gasteiger partial charge in [0.2, 0.25) is 0 Å². The van der Waals surface area contributed by atoms with Gasteiger partial charge >= 0.3 is 5.97 Å². The molecule has 0 spiro atoms. The van der Waals surface area contributed by atoms with Gasteiger partial charge in [-0.2, -0.15) is 0 Å². The number of aliphatic carboxylic acids is 1. The Morgan fingerprint density at radius 2 is 2.15 bits per heavy atom. The maximum atomic E-state index is 12.7. The molecule has 1 aromatic rings.